The smallest absolute Gasteiger partial charge is 0.336 e. The highest BCUT2D eigenvalue weighted by Crippen LogP contribution is 2.40. The summed E-state index contributed by atoms with van der Waals surface area (Å²) in [5.74, 6) is -1.14. The molecule has 0 fully saturated rings. The van der Waals surface area contributed by atoms with Crippen LogP contribution in [0.25, 0.3) is 0 Å². The van der Waals surface area contributed by atoms with Gasteiger partial charge in [-0.15, -0.1) is 0 Å². The van der Waals surface area contributed by atoms with Crippen molar-refractivity contribution in [1.29, 1.82) is 0 Å². The molecule has 1 aliphatic heterocycles. The zero-order chi connectivity index (χ0) is 35.8. The van der Waals surface area contributed by atoms with Gasteiger partial charge in [-0.25, -0.2) is 9.59 Å². The van der Waals surface area contributed by atoms with Crippen LogP contribution in [0.5, 0.6) is 17.2 Å². The second-order valence-electron chi connectivity index (χ2n) is 11.5. The van der Waals surface area contributed by atoms with Crippen LogP contribution in [0.1, 0.15) is 75.2 Å². The van der Waals surface area contributed by atoms with Gasteiger partial charge in [0.2, 0.25) is 18.1 Å². The molecule has 0 amide bonds. The number of methoxy groups -OCH3 is 3. The maximum absolute atomic E-state index is 13.7. The number of nitrogens with zero attached hydrogens (tertiary/aromatic N) is 1. The van der Waals surface area contributed by atoms with Crippen molar-refractivity contribution in [3.8, 4) is 17.2 Å². The highest BCUT2D eigenvalue weighted by Gasteiger charge is 2.39. The topological polar surface area (TPSA) is 132 Å². The number of Topliss-reactive ketones (excluding diaryl/α,β-unsaturated/α-hetero) is 1. The summed E-state index contributed by atoms with van der Waals surface area (Å²) in [5.41, 5.74) is 2.57. The van der Waals surface area contributed by atoms with E-state index in [-0.39, 0.29) is 66.9 Å². The van der Waals surface area contributed by atoms with Crippen molar-refractivity contribution in [1.82, 2.24) is 5.32 Å². The van der Waals surface area contributed by atoms with E-state index in [9.17, 15) is 14.4 Å². The Kier molecular flexibility index (Phi) is 18.6. The quantitative estimate of drug-likeness (QED) is 0.0866. The Morgan fingerprint density at radius 2 is 1.28 bits per heavy atom. The summed E-state index contributed by atoms with van der Waals surface area (Å²) in [6, 6.07) is 6.76. The lowest BCUT2D eigenvalue weighted by Crippen LogP contribution is -3.00. The molecule has 0 spiro atoms. The standard InChI is InChI=1S/C37H50N2O10.BrH/c1-8-10-15-46-17-19-48-36(41)32-25(3)38-26(4)33(37(42)49-20-18-47-16-11-9-2)34(32)27-13-12-14-39(23-27)24-29(40)28-21-30(43-5)35(45-7)31(22-28)44-6;/h12-14,21-23,34H,8-11,15-20,24H2,1-7H3;1H. The fourth-order valence-corrected chi connectivity index (χ4v) is 5.42. The Hall–Kier alpha value is -3.94. The number of benzene rings is 1. The van der Waals surface area contributed by atoms with E-state index >= 15 is 0 Å². The number of hydrogen-bond acceptors (Lipinski definition) is 11. The third-order valence-corrected chi connectivity index (χ3v) is 7.93. The predicted molar refractivity (Wildman–Crippen MR) is 182 cm³/mol. The van der Waals surface area contributed by atoms with Crippen molar-refractivity contribution in [2.75, 3.05) is 61.0 Å². The highest BCUT2D eigenvalue weighted by molar-refractivity contribution is 6.00. The number of esters is 2. The van der Waals surface area contributed by atoms with E-state index in [2.05, 4.69) is 19.2 Å². The number of carbonyl (C=O) groups is 3. The Morgan fingerprint density at radius 1 is 0.760 bits per heavy atom. The zero-order valence-corrected chi connectivity index (χ0v) is 31.8. The number of carbonyl (C=O) groups excluding carboxylic acids is 3. The third kappa shape index (κ3) is 11.6. The van der Waals surface area contributed by atoms with Gasteiger partial charge < -0.3 is 55.5 Å². The van der Waals surface area contributed by atoms with Crippen LogP contribution in [0.4, 0.5) is 0 Å². The normalized spacial score (nSPS) is 12.9. The molecule has 3 rings (SSSR count). The summed E-state index contributed by atoms with van der Waals surface area (Å²) < 4.78 is 40.4. The second-order valence-corrected chi connectivity index (χ2v) is 11.5. The first-order valence-electron chi connectivity index (χ1n) is 16.7. The molecule has 0 bridgehead atoms. The van der Waals surface area contributed by atoms with Crippen molar-refractivity contribution < 1.29 is 69.1 Å². The highest BCUT2D eigenvalue weighted by atomic mass is 79.9. The van der Waals surface area contributed by atoms with Gasteiger partial charge in [0, 0.05) is 41.8 Å². The number of unbranched alkanes of at least 4 members (excludes halogenated alkanes) is 2. The van der Waals surface area contributed by atoms with E-state index in [1.807, 2.05) is 0 Å². The largest absolute Gasteiger partial charge is 1.00 e. The van der Waals surface area contributed by atoms with Crippen LogP contribution in [0.2, 0.25) is 0 Å². The molecule has 12 nitrogen and oxygen atoms in total. The Bertz CT molecular complexity index is 1430. The van der Waals surface area contributed by atoms with Crippen LogP contribution in [0.15, 0.2) is 59.2 Å². The van der Waals surface area contributed by atoms with Gasteiger partial charge >= 0.3 is 11.9 Å². The Balaban J connectivity index is 0.00000867. The van der Waals surface area contributed by atoms with Gasteiger partial charge in [0.25, 0.3) is 0 Å². The fourth-order valence-electron chi connectivity index (χ4n) is 5.42. The minimum absolute atomic E-state index is 0. The minimum atomic E-state index is -0.841. The lowest BCUT2D eigenvalue weighted by atomic mass is 9.81. The van der Waals surface area contributed by atoms with E-state index in [4.69, 9.17) is 33.2 Å². The summed E-state index contributed by atoms with van der Waals surface area (Å²) in [5, 5.41) is 3.18. The summed E-state index contributed by atoms with van der Waals surface area (Å²) in [6.07, 6.45) is 7.32. The van der Waals surface area contributed by atoms with Crippen molar-refractivity contribution in [3.63, 3.8) is 0 Å². The fraction of sp³-hybridized carbons (Fsp3) is 0.514. The molecule has 1 aromatic heterocycles. The molecule has 0 unspecified atom stereocenters. The van der Waals surface area contributed by atoms with Crippen molar-refractivity contribution in [3.05, 3.63) is 70.3 Å². The van der Waals surface area contributed by atoms with Crippen LogP contribution < -0.4 is 41.1 Å². The molecule has 0 saturated heterocycles. The number of hydrogen-bond donors (Lipinski definition) is 1. The second kappa shape index (κ2) is 22.0. The van der Waals surface area contributed by atoms with Crippen molar-refractivity contribution >= 4 is 17.7 Å². The molecule has 2 heterocycles. The lowest BCUT2D eigenvalue weighted by Gasteiger charge is -2.30. The van der Waals surface area contributed by atoms with Crippen LogP contribution in [-0.4, -0.2) is 78.7 Å². The third-order valence-electron chi connectivity index (χ3n) is 7.93. The maximum atomic E-state index is 13.7. The predicted octanol–water partition coefficient (Wildman–Crippen LogP) is 1.84. The van der Waals surface area contributed by atoms with Gasteiger partial charge in [-0.3, -0.25) is 4.79 Å². The Labute approximate surface area is 305 Å². The van der Waals surface area contributed by atoms with Crippen molar-refractivity contribution in [2.24, 2.45) is 0 Å². The number of halogens is 1. The molecule has 276 valence electrons. The molecule has 1 aromatic carbocycles. The number of ether oxygens (including phenoxy) is 7. The number of ketones is 1. The number of aromatic nitrogens is 1. The molecule has 0 saturated carbocycles. The number of dihydropyridines is 1. The van der Waals surface area contributed by atoms with E-state index in [0.717, 1.165) is 25.7 Å². The van der Waals surface area contributed by atoms with Gasteiger partial charge in [-0.05, 0) is 44.9 Å². The first-order valence-corrected chi connectivity index (χ1v) is 16.7. The molecule has 1 aliphatic rings. The molecule has 0 aliphatic carbocycles. The number of allylic oxidation sites excluding steroid dienone is 2. The molecular weight excluding hydrogens is 712 g/mol. The first kappa shape index (κ1) is 42.2. The van der Waals surface area contributed by atoms with E-state index in [1.54, 1.807) is 55.1 Å². The van der Waals surface area contributed by atoms with Crippen molar-refractivity contribution in [2.45, 2.75) is 65.8 Å². The number of nitrogens with one attached hydrogen (secondary N) is 1. The lowest BCUT2D eigenvalue weighted by molar-refractivity contribution is -0.683. The molecule has 1 N–H and O–H groups in total. The van der Waals surface area contributed by atoms with Crippen LogP contribution in [-0.2, 0) is 35.1 Å². The molecule has 13 heteroatoms. The summed E-state index contributed by atoms with van der Waals surface area (Å²) >= 11 is 0. The summed E-state index contributed by atoms with van der Waals surface area (Å²) in [6.45, 7) is 9.41. The van der Waals surface area contributed by atoms with Gasteiger partial charge in [0.15, 0.2) is 23.9 Å². The van der Waals surface area contributed by atoms with Crippen LogP contribution in [0, 0.1) is 0 Å². The molecule has 2 aromatic rings. The van der Waals surface area contributed by atoms with Crippen LogP contribution >= 0.6 is 0 Å². The average molecular weight is 764 g/mol. The first-order chi connectivity index (χ1) is 23.7. The monoisotopic (exact) mass is 762 g/mol. The Morgan fingerprint density at radius 3 is 1.74 bits per heavy atom. The average Bonchev–Trinajstić information content (AvgIpc) is 3.10. The van der Waals surface area contributed by atoms with E-state index in [0.29, 0.717) is 53.0 Å². The summed E-state index contributed by atoms with van der Waals surface area (Å²) in [4.78, 5) is 40.9. The van der Waals surface area contributed by atoms with Crippen LogP contribution in [0.3, 0.4) is 0 Å². The van der Waals surface area contributed by atoms with E-state index < -0.39 is 17.9 Å². The van der Waals surface area contributed by atoms with Gasteiger partial charge in [-0.1, -0.05) is 26.7 Å². The molecule has 50 heavy (non-hydrogen) atoms. The number of rotatable bonds is 21. The van der Waals surface area contributed by atoms with Gasteiger partial charge in [-0.2, -0.15) is 4.57 Å². The molecular formula is C37H51BrN2O10. The minimum Gasteiger partial charge on any atom is -1.00 e. The molecule has 0 radical (unpaired) electrons. The van der Waals surface area contributed by atoms with E-state index in [1.165, 1.54) is 21.3 Å². The SMILES string of the molecule is CCCCOCCOC(=O)C1=C(C)NC(C)=C(C(=O)OCCOCCCC)C1c1ccc[n+](CC(=O)c2cc(OC)c(OC)c(OC)c2)c1.[Br-]. The molecule has 0 atom stereocenters. The summed E-state index contributed by atoms with van der Waals surface area (Å²) in [7, 11) is 4.46. The maximum Gasteiger partial charge on any atom is 0.336 e. The number of pyridine rings is 1. The zero-order valence-electron chi connectivity index (χ0n) is 30.2. The van der Waals surface area contributed by atoms with Gasteiger partial charge in [0.05, 0.1) is 51.6 Å². The van der Waals surface area contributed by atoms with Gasteiger partial charge in [0.1, 0.15) is 13.2 Å².